The van der Waals surface area contributed by atoms with Crippen LogP contribution in [0, 0.1) is 0 Å². The third-order valence-electron chi connectivity index (χ3n) is 3.60. The molecule has 18 heavy (non-hydrogen) atoms. The number of aromatic nitrogens is 1. The summed E-state index contributed by atoms with van der Waals surface area (Å²) in [7, 11) is 0. The van der Waals surface area contributed by atoms with Crippen molar-refractivity contribution >= 4 is 0 Å². The van der Waals surface area contributed by atoms with Crippen LogP contribution in [0.25, 0.3) is 0 Å². The standard InChI is InChI=1S/C15H15N.C2H6/c1-11-14-5-3-2-4-12(14)6-7-13-8-9-16-10-15(11)13;1-2/h2-5,8-11H,6-7H2,1H3;1-2H3. The Morgan fingerprint density at radius 3 is 2.39 bits per heavy atom. The first kappa shape index (κ1) is 12.8. The van der Waals surface area contributed by atoms with Gasteiger partial charge >= 0.3 is 0 Å². The van der Waals surface area contributed by atoms with Gasteiger partial charge in [-0.1, -0.05) is 45.0 Å². The highest BCUT2D eigenvalue weighted by Gasteiger charge is 2.19. The van der Waals surface area contributed by atoms with Crippen LogP contribution in [-0.2, 0) is 12.8 Å². The zero-order valence-electron chi connectivity index (χ0n) is 11.5. The molecular weight excluding hydrogens is 218 g/mol. The normalized spacial score (nSPS) is 16.7. The van der Waals surface area contributed by atoms with Crippen LogP contribution in [0.3, 0.4) is 0 Å². The van der Waals surface area contributed by atoms with Crippen LogP contribution in [0.4, 0.5) is 0 Å². The first-order valence-electron chi connectivity index (χ1n) is 6.87. The van der Waals surface area contributed by atoms with E-state index < -0.39 is 0 Å². The number of fused-ring (bicyclic) bond motifs is 2. The molecule has 0 saturated heterocycles. The van der Waals surface area contributed by atoms with E-state index in [9.17, 15) is 0 Å². The molecular formula is C17H21N. The fourth-order valence-corrected chi connectivity index (χ4v) is 2.67. The molecule has 0 N–H and O–H groups in total. The molecule has 3 rings (SSSR count). The largest absolute Gasteiger partial charge is 0.264 e. The summed E-state index contributed by atoms with van der Waals surface area (Å²) in [6.07, 6.45) is 6.22. The average molecular weight is 239 g/mol. The smallest absolute Gasteiger partial charge is 0.0308 e. The average Bonchev–Trinajstić information content (AvgIpc) is 2.60. The molecule has 1 aromatic carbocycles. The maximum Gasteiger partial charge on any atom is 0.0308 e. The fourth-order valence-electron chi connectivity index (χ4n) is 2.67. The highest BCUT2D eigenvalue weighted by molar-refractivity contribution is 5.42. The van der Waals surface area contributed by atoms with Gasteiger partial charge in [0.1, 0.15) is 0 Å². The SMILES string of the molecule is CC.CC1c2ccccc2CCc2ccncc21. The molecule has 1 aliphatic carbocycles. The van der Waals surface area contributed by atoms with E-state index in [1.807, 2.05) is 26.2 Å². The molecule has 0 saturated carbocycles. The monoisotopic (exact) mass is 239 g/mol. The van der Waals surface area contributed by atoms with E-state index in [1.165, 1.54) is 22.3 Å². The molecule has 0 amide bonds. The summed E-state index contributed by atoms with van der Waals surface area (Å²) in [6, 6.07) is 10.9. The number of pyridine rings is 1. The van der Waals surface area contributed by atoms with Crippen molar-refractivity contribution in [2.24, 2.45) is 0 Å². The zero-order chi connectivity index (χ0) is 13.0. The van der Waals surface area contributed by atoms with E-state index in [0.29, 0.717) is 5.92 Å². The summed E-state index contributed by atoms with van der Waals surface area (Å²) in [5, 5.41) is 0. The zero-order valence-corrected chi connectivity index (χ0v) is 11.5. The highest BCUT2D eigenvalue weighted by atomic mass is 14.6. The van der Waals surface area contributed by atoms with Crippen LogP contribution in [0.2, 0.25) is 0 Å². The molecule has 1 heteroatoms. The van der Waals surface area contributed by atoms with E-state index in [2.05, 4.69) is 42.2 Å². The van der Waals surface area contributed by atoms with Crippen molar-refractivity contribution in [2.45, 2.75) is 39.5 Å². The minimum absolute atomic E-state index is 0.474. The molecule has 1 heterocycles. The van der Waals surface area contributed by atoms with E-state index in [4.69, 9.17) is 0 Å². The van der Waals surface area contributed by atoms with Crippen LogP contribution in [-0.4, -0.2) is 4.98 Å². The predicted molar refractivity (Wildman–Crippen MR) is 77.0 cm³/mol. The summed E-state index contributed by atoms with van der Waals surface area (Å²) >= 11 is 0. The topological polar surface area (TPSA) is 12.9 Å². The number of benzene rings is 1. The second-order valence-corrected chi connectivity index (χ2v) is 4.49. The lowest BCUT2D eigenvalue weighted by atomic mass is 9.91. The first-order valence-corrected chi connectivity index (χ1v) is 6.87. The number of rotatable bonds is 0. The van der Waals surface area contributed by atoms with Gasteiger partial charge in [-0.3, -0.25) is 4.98 Å². The van der Waals surface area contributed by atoms with E-state index in [-0.39, 0.29) is 0 Å². The molecule has 1 aliphatic rings. The number of hydrogen-bond donors (Lipinski definition) is 0. The van der Waals surface area contributed by atoms with Crippen molar-refractivity contribution in [1.82, 2.24) is 4.98 Å². The molecule has 0 bridgehead atoms. The first-order chi connectivity index (χ1) is 8.86. The Balaban J connectivity index is 0.000000574. The number of nitrogens with zero attached hydrogens (tertiary/aromatic N) is 1. The Hall–Kier alpha value is -1.63. The lowest BCUT2D eigenvalue weighted by Crippen LogP contribution is -1.99. The Morgan fingerprint density at radius 2 is 1.61 bits per heavy atom. The van der Waals surface area contributed by atoms with Gasteiger partial charge in [0.15, 0.2) is 0 Å². The van der Waals surface area contributed by atoms with Crippen molar-refractivity contribution < 1.29 is 0 Å². The Morgan fingerprint density at radius 1 is 0.944 bits per heavy atom. The van der Waals surface area contributed by atoms with E-state index in [0.717, 1.165) is 12.8 Å². The van der Waals surface area contributed by atoms with E-state index in [1.54, 1.807) is 0 Å². The molecule has 0 aliphatic heterocycles. The summed E-state index contributed by atoms with van der Waals surface area (Å²) in [4.78, 5) is 4.26. The van der Waals surface area contributed by atoms with Crippen LogP contribution in [0.15, 0.2) is 42.7 Å². The third kappa shape index (κ3) is 2.31. The maximum atomic E-state index is 4.26. The van der Waals surface area contributed by atoms with Gasteiger partial charge in [0.2, 0.25) is 0 Å². The van der Waals surface area contributed by atoms with Crippen molar-refractivity contribution in [3.05, 3.63) is 65.0 Å². The Kier molecular flexibility index (Phi) is 4.14. The van der Waals surface area contributed by atoms with Crippen LogP contribution in [0.5, 0.6) is 0 Å². The van der Waals surface area contributed by atoms with Gasteiger partial charge in [-0.2, -0.15) is 0 Å². The maximum absolute atomic E-state index is 4.26. The van der Waals surface area contributed by atoms with Crippen LogP contribution >= 0.6 is 0 Å². The van der Waals surface area contributed by atoms with Gasteiger partial charge in [-0.25, -0.2) is 0 Å². The van der Waals surface area contributed by atoms with Crippen LogP contribution in [0.1, 0.15) is 48.9 Å². The fraction of sp³-hybridized carbons (Fsp3) is 0.353. The minimum atomic E-state index is 0.474. The molecule has 1 nitrogen and oxygen atoms in total. The second-order valence-electron chi connectivity index (χ2n) is 4.49. The molecule has 94 valence electrons. The third-order valence-corrected chi connectivity index (χ3v) is 3.60. The van der Waals surface area contributed by atoms with Gasteiger partial charge in [-0.05, 0) is 41.2 Å². The Bertz CT molecular complexity index is 469. The summed E-state index contributed by atoms with van der Waals surface area (Å²) in [5.41, 5.74) is 5.81. The summed E-state index contributed by atoms with van der Waals surface area (Å²) < 4.78 is 0. The van der Waals surface area contributed by atoms with Gasteiger partial charge in [0.05, 0.1) is 0 Å². The van der Waals surface area contributed by atoms with Crippen molar-refractivity contribution in [2.75, 3.05) is 0 Å². The summed E-state index contributed by atoms with van der Waals surface area (Å²) in [6.45, 7) is 6.28. The molecule has 1 unspecified atom stereocenters. The van der Waals surface area contributed by atoms with Gasteiger partial charge in [0.25, 0.3) is 0 Å². The highest BCUT2D eigenvalue weighted by Crippen LogP contribution is 2.32. The quantitative estimate of drug-likeness (QED) is 0.665. The number of aryl methyl sites for hydroxylation is 2. The molecule has 0 radical (unpaired) electrons. The van der Waals surface area contributed by atoms with Crippen molar-refractivity contribution in [3.8, 4) is 0 Å². The molecule has 1 atom stereocenters. The number of hydrogen-bond acceptors (Lipinski definition) is 1. The van der Waals surface area contributed by atoms with E-state index >= 15 is 0 Å². The predicted octanol–water partition coefficient (Wildman–Crippen LogP) is 4.36. The molecule has 0 fully saturated rings. The van der Waals surface area contributed by atoms with Crippen molar-refractivity contribution in [3.63, 3.8) is 0 Å². The summed E-state index contributed by atoms with van der Waals surface area (Å²) in [5.74, 6) is 0.474. The van der Waals surface area contributed by atoms with Crippen LogP contribution < -0.4 is 0 Å². The lowest BCUT2D eigenvalue weighted by Gasteiger charge is -2.14. The van der Waals surface area contributed by atoms with Crippen molar-refractivity contribution in [1.29, 1.82) is 0 Å². The Labute approximate surface area is 110 Å². The lowest BCUT2D eigenvalue weighted by molar-refractivity contribution is 0.901. The molecule has 2 aromatic rings. The molecule has 1 aromatic heterocycles. The van der Waals surface area contributed by atoms with Gasteiger partial charge in [0, 0.05) is 18.3 Å². The minimum Gasteiger partial charge on any atom is -0.264 e. The van der Waals surface area contributed by atoms with Gasteiger partial charge in [-0.15, -0.1) is 0 Å². The second kappa shape index (κ2) is 5.81. The van der Waals surface area contributed by atoms with Gasteiger partial charge < -0.3 is 0 Å². The molecule has 0 spiro atoms.